The smallest absolute Gasteiger partial charge is 0.682 e. The number of anilines is 1. The summed E-state index contributed by atoms with van der Waals surface area (Å²) in [5, 5.41) is 37.9. The maximum absolute atomic E-state index is 13.5. The molecule has 86 heavy (non-hydrogen) atoms. The molecule has 8 rings (SSSR count). The normalized spacial score (nSPS) is 34.1. The Morgan fingerprint density at radius 1 is 0.756 bits per heavy atom. The van der Waals surface area contributed by atoms with Gasteiger partial charge in [0.15, 0.2) is 17.7 Å². The zero-order valence-electron chi connectivity index (χ0n) is 50.3. The number of nitrogens with two attached hydrogens (primary N) is 7. The molecule has 0 saturated carbocycles. The summed E-state index contributed by atoms with van der Waals surface area (Å²) in [6.45, 7) is 20.4. The molecule has 0 aliphatic carbocycles. The Hall–Kier alpha value is -6.98. The molecule has 2 aromatic heterocycles. The first-order chi connectivity index (χ1) is 39.5. The number of fused-ring (bicyclic) bond motifs is 7. The fourth-order valence-corrected chi connectivity index (χ4v) is 14.2. The third-order valence-corrected chi connectivity index (χ3v) is 19.0. The maximum atomic E-state index is 13.5. The van der Waals surface area contributed by atoms with Gasteiger partial charge < -0.3 is 77.7 Å². The molecule has 0 radical (unpaired) electrons. The number of nitrogens with one attached hydrogen (secondary N) is 1. The Labute approximate surface area is 510 Å². The van der Waals surface area contributed by atoms with Crippen LogP contribution in [0.15, 0.2) is 61.9 Å². The monoisotopic (exact) mass is 1240 g/mol. The quantitative estimate of drug-likeness (QED) is 0.0787. The minimum Gasteiger partial charge on any atom is -0.682 e. The van der Waals surface area contributed by atoms with Gasteiger partial charge in [-0.2, -0.15) is 5.70 Å². The summed E-state index contributed by atoms with van der Waals surface area (Å²) in [6, 6.07) is -0.923. The minimum absolute atomic E-state index is 0. The molecule has 2 fully saturated rings. The molecule has 28 heteroatoms. The molecule has 0 spiro atoms. The third kappa shape index (κ3) is 12.9. The van der Waals surface area contributed by atoms with E-state index in [2.05, 4.69) is 27.2 Å². The topological polar surface area (TPSA) is 478 Å². The number of nitrogens with zero attached hydrogens (tertiary/aromatic N) is 8. The summed E-state index contributed by atoms with van der Waals surface area (Å²) < 4.78 is 6.90. The first-order valence-electron chi connectivity index (χ1n) is 28.6. The van der Waals surface area contributed by atoms with E-state index in [9.17, 15) is 48.9 Å². The molecule has 8 heterocycles. The molecule has 14 atom stereocenters. The van der Waals surface area contributed by atoms with Crippen molar-refractivity contribution in [2.45, 2.75) is 175 Å². The Morgan fingerprint density at radius 2 is 1.35 bits per heavy atom. The van der Waals surface area contributed by atoms with E-state index < -0.39 is 123 Å². The molecule has 470 valence electrons. The van der Waals surface area contributed by atoms with E-state index in [0.717, 1.165) is 0 Å². The van der Waals surface area contributed by atoms with Gasteiger partial charge in [-0.3, -0.25) is 53.1 Å². The Morgan fingerprint density at radius 3 is 1.90 bits per heavy atom. The largest absolute Gasteiger partial charge is 3.00 e. The van der Waals surface area contributed by atoms with Gasteiger partial charge in [-0.15, -0.1) is 0 Å². The molecule has 6 aliphatic heterocycles. The van der Waals surface area contributed by atoms with E-state index in [0.29, 0.717) is 63.0 Å². The van der Waals surface area contributed by atoms with Crippen LogP contribution in [-0.2, 0) is 55.1 Å². The van der Waals surface area contributed by atoms with Crippen LogP contribution in [0.2, 0.25) is 0 Å². The number of primary amides is 6. The molecule has 0 aromatic carbocycles. The van der Waals surface area contributed by atoms with Crippen LogP contribution in [-0.4, -0.2) is 136 Å². The van der Waals surface area contributed by atoms with E-state index >= 15 is 0 Å². The number of allylic oxidation sites excluding steroid dienone is 6. The van der Waals surface area contributed by atoms with Gasteiger partial charge >= 0.3 is 16.8 Å². The minimum atomic E-state index is -1.40. The van der Waals surface area contributed by atoms with Crippen LogP contribution < -0.4 is 45.5 Å². The van der Waals surface area contributed by atoms with Crippen molar-refractivity contribution in [3.8, 4) is 0 Å². The molecule has 18 N–H and O–H groups in total. The van der Waals surface area contributed by atoms with Gasteiger partial charge in [0.1, 0.15) is 17.9 Å². The van der Waals surface area contributed by atoms with Gasteiger partial charge in [0, 0.05) is 108 Å². The Kier molecular flexibility index (Phi) is 20.4. The SMILES string of the molecule is C/C1=C2/[N-][C@H]([C@H](CC(N)=O)[C@@]2(C)CCC(=O)NC[C@@H](C)O)[C@]2(C)N=C(/C(C)=C3N=C(/C=C4N=C1[C@@H](CCC(N)=O)C\4(C)C)[C@@H](CCC(N)=O)[C@]\3(C)CC(N)=O)[C@@H](CCC(N)=O)[C@]2(C)CC(N)=O.[CH2-][C@H]1O[C@@H](n2cnc3c(N)ncnc32)[C@H](O)[C@@H]1O.[Co+3]. The van der Waals surface area contributed by atoms with Crippen molar-refractivity contribution >= 4 is 75.5 Å². The van der Waals surface area contributed by atoms with E-state index in [4.69, 9.17) is 65.2 Å². The summed E-state index contributed by atoms with van der Waals surface area (Å²) in [5.41, 5.74) is 40.9. The molecule has 7 amide bonds. The van der Waals surface area contributed by atoms with Crippen LogP contribution >= 0.6 is 0 Å². The molecule has 2 aromatic rings. The number of aromatic nitrogens is 4. The van der Waals surface area contributed by atoms with Crippen molar-refractivity contribution in [3.05, 3.63) is 59.2 Å². The Bertz CT molecular complexity index is 3240. The van der Waals surface area contributed by atoms with Gasteiger partial charge in [-0.1, -0.05) is 40.7 Å². The predicted molar refractivity (Wildman–Crippen MR) is 315 cm³/mol. The predicted octanol–water partition coefficient (Wildman–Crippen LogP) is 1.38. The second-order valence-corrected chi connectivity index (χ2v) is 25.2. The van der Waals surface area contributed by atoms with Crippen LogP contribution in [0.25, 0.3) is 16.5 Å². The van der Waals surface area contributed by atoms with Crippen molar-refractivity contribution in [2.24, 2.45) is 94.7 Å². The van der Waals surface area contributed by atoms with Crippen LogP contribution in [0.3, 0.4) is 0 Å². The fraction of sp³-hybridized carbons (Fsp3) is 0.621. The number of carbonyl (C=O) groups excluding carboxylic acids is 7. The number of ether oxygens (including phenoxy) is 1. The number of imidazole rings is 1. The van der Waals surface area contributed by atoms with Crippen molar-refractivity contribution in [2.75, 3.05) is 12.3 Å². The Balaban J connectivity index is 0.000000524. The number of rotatable bonds is 21. The summed E-state index contributed by atoms with van der Waals surface area (Å²) in [6.07, 6.45) is 0.116. The molecule has 6 aliphatic rings. The van der Waals surface area contributed by atoms with Crippen molar-refractivity contribution in [1.29, 1.82) is 0 Å². The average Bonchev–Trinajstić information content (AvgIpc) is 1.54. The molecular weight excluding hydrogens is 1160 g/mol. The number of hydrogen-bond donors (Lipinski definition) is 11. The standard InChI is InChI=1S/C48H73N11O8.C10H12N5O3.Co/c1-23(60)22-55-38(67)16-17-45(6)29(18-35(52)64)43-48(9)47(8,21-37(54)66)28(12-15-34(51)63)40(59-48)25(3)42-46(7,20-36(53)65)26(10-13-32(49)61)30(56-42)19-31-44(4,5)27(11-14-33(50)62)39(57-31)24(2)41(45)58-43;1-4-6(16)7(17)10(18-4)15-3-14-5-8(11)12-2-13-9(5)15;/h19,23,26-29,43,60H,10-18,20-22H2,1-9H3,(H14,49,50,51,52,53,54,55,56,57,58,59,61,62,63,64,65,66,67);2-4,6-7,10,16-17H,1H2,(H2,11,12,13);/q;-1;+3/p-1/t23-,26-,27-,28-,29+,43-,45-,46+,47+,48+;4-,6-,7-,10-;/m11./s1. The summed E-state index contributed by atoms with van der Waals surface area (Å²) in [5.74, 6) is -6.17. The van der Waals surface area contributed by atoms with E-state index in [1.165, 1.54) is 17.2 Å². The van der Waals surface area contributed by atoms with Gasteiger partial charge in [0.2, 0.25) is 41.4 Å². The van der Waals surface area contributed by atoms with Crippen LogP contribution in [0, 0.1) is 52.3 Å². The molecule has 0 unspecified atom stereocenters. The number of aliphatic hydroxyl groups is 3. The second-order valence-electron chi connectivity index (χ2n) is 25.2. The fourth-order valence-electron chi connectivity index (χ4n) is 14.2. The summed E-state index contributed by atoms with van der Waals surface area (Å²) >= 11 is 0. The van der Waals surface area contributed by atoms with E-state index in [1.54, 1.807) is 6.92 Å². The number of carbonyl (C=O) groups is 7. The zero-order chi connectivity index (χ0) is 63.2. The van der Waals surface area contributed by atoms with Gasteiger partial charge in [-0.25, -0.2) is 15.0 Å². The number of nitrogen functional groups attached to an aromatic ring is 1. The van der Waals surface area contributed by atoms with Crippen molar-refractivity contribution in [3.63, 3.8) is 0 Å². The van der Waals surface area contributed by atoms with E-state index in [1.807, 2.05) is 61.5 Å². The molecule has 8 bridgehead atoms. The third-order valence-electron chi connectivity index (χ3n) is 19.0. The molecule has 27 nitrogen and oxygen atoms in total. The van der Waals surface area contributed by atoms with Gasteiger partial charge in [-0.05, 0) is 88.0 Å². The summed E-state index contributed by atoms with van der Waals surface area (Å²) in [4.78, 5) is 119. The number of aliphatic imine (C=N–C) groups is 3. The number of aliphatic hydroxyl groups excluding tert-OH is 3. The molecular formula is C58H84CoN16O11+. The van der Waals surface area contributed by atoms with Crippen LogP contribution in [0.1, 0.15) is 139 Å². The average molecular weight is 1240 g/mol. The van der Waals surface area contributed by atoms with Gasteiger partial charge in [0.05, 0.1) is 29.8 Å². The first-order valence-corrected chi connectivity index (χ1v) is 28.6. The number of hydrogen-bond acceptors (Lipinski definition) is 18. The van der Waals surface area contributed by atoms with Crippen LogP contribution in [0.4, 0.5) is 5.82 Å². The van der Waals surface area contributed by atoms with Gasteiger partial charge in [0.25, 0.3) is 0 Å². The second kappa shape index (κ2) is 25.8. The van der Waals surface area contributed by atoms with E-state index in [-0.39, 0.29) is 99.3 Å². The van der Waals surface area contributed by atoms with Crippen molar-refractivity contribution < 1.29 is 70.4 Å². The van der Waals surface area contributed by atoms with Crippen molar-refractivity contribution in [1.82, 2.24) is 24.8 Å². The first kappa shape index (κ1) is 68.1. The molecule has 2 saturated heterocycles. The summed E-state index contributed by atoms with van der Waals surface area (Å²) in [7, 11) is 0. The van der Waals surface area contributed by atoms with Crippen LogP contribution in [0.5, 0.6) is 0 Å². The zero-order valence-corrected chi connectivity index (χ0v) is 51.3. The number of amides is 7. The maximum Gasteiger partial charge on any atom is 3.00 e.